The summed E-state index contributed by atoms with van der Waals surface area (Å²) in [6.07, 6.45) is 1.70. The van der Waals surface area contributed by atoms with Crippen LogP contribution in [-0.2, 0) is 0 Å². The van der Waals surface area contributed by atoms with Crippen molar-refractivity contribution >= 4 is 55.7 Å². The molecule has 106 valence electrons. The molecular weight excluding hydrogens is 375 g/mol. The third-order valence-electron chi connectivity index (χ3n) is 2.93. The van der Waals surface area contributed by atoms with Gasteiger partial charge in [-0.15, -0.1) is 0 Å². The molecule has 0 bridgehead atoms. The first-order valence-corrected chi connectivity index (χ1v) is 7.56. The maximum Gasteiger partial charge on any atom is 0.153 e. The SMILES string of the molecule is Nc1ccc(Oc2ccc(Cl)c(Cl)c2)c2ncc(Br)cc12. The standard InChI is InChI=1S/C15H9BrCl2N2O/c16-8-5-10-13(19)3-4-14(15(10)20-7-8)21-9-1-2-11(17)12(18)6-9/h1-7H,19H2. The van der Waals surface area contributed by atoms with Crippen LogP contribution in [0.3, 0.4) is 0 Å². The molecule has 1 heterocycles. The highest BCUT2D eigenvalue weighted by Crippen LogP contribution is 2.35. The summed E-state index contributed by atoms with van der Waals surface area (Å²) in [4.78, 5) is 4.37. The monoisotopic (exact) mass is 382 g/mol. The highest BCUT2D eigenvalue weighted by Gasteiger charge is 2.09. The first-order chi connectivity index (χ1) is 10.0. The number of ether oxygens (including phenoxy) is 1. The summed E-state index contributed by atoms with van der Waals surface area (Å²) in [6.45, 7) is 0. The van der Waals surface area contributed by atoms with E-state index in [4.69, 9.17) is 33.7 Å². The van der Waals surface area contributed by atoms with Crippen molar-refractivity contribution in [3.05, 3.63) is 57.1 Å². The zero-order valence-electron chi connectivity index (χ0n) is 10.6. The van der Waals surface area contributed by atoms with E-state index in [1.54, 1.807) is 36.5 Å². The summed E-state index contributed by atoms with van der Waals surface area (Å²) in [7, 11) is 0. The normalized spacial score (nSPS) is 10.8. The van der Waals surface area contributed by atoms with Gasteiger partial charge in [-0.3, -0.25) is 4.98 Å². The van der Waals surface area contributed by atoms with Crippen LogP contribution < -0.4 is 10.5 Å². The average Bonchev–Trinajstić information content (AvgIpc) is 2.46. The fourth-order valence-corrected chi connectivity index (χ4v) is 2.56. The highest BCUT2D eigenvalue weighted by molar-refractivity contribution is 9.10. The third kappa shape index (κ3) is 2.93. The number of nitrogen functional groups attached to an aromatic ring is 1. The second-order valence-electron chi connectivity index (χ2n) is 4.38. The number of nitrogens with zero attached hydrogens (tertiary/aromatic N) is 1. The Bertz CT molecular complexity index is 839. The summed E-state index contributed by atoms with van der Waals surface area (Å²) in [5, 5.41) is 1.74. The molecule has 0 amide bonds. The molecule has 0 atom stereocenters. The fourth-order valence-electron chi connectivity index (χ4n) is 1.94. The van der Waals surface area contributed by atoms with Crippen molar-refractivity contribution in [2.24, 2.45) is 0 Å². The van der Waals surface area contributed by atoms with Crippen LogP contribution in [0.4, 0.5) is 5.69 Å². The lowest BCUT2D eigenvalue weighted by Gasteiger charge is -2.10. The van der Waals surface area contributed by atoms with Crippen LogP contribution in [0.25, 0.3) is 10.9 Å². The second kappa shape index (κ2) is 5.72. The van der Waals surface area contributed by atoms with E-state index in [0.717, 1.165) is 9.86 Å². The number of anilines is 1. The molecule has 3 rings (SSSR count). The summed E-state index contributed by atoms with van der Waals surface area (Å²) in [6, 6.07) is 10.5. The number of aromatic nitrogens is 1. The number of fused-ring (bicyclic) bond motifs is 1. The van der Waals surface area contributed by atoms with Gasteiger partial charge in [0.15, 0.2) is 5.75 Å². The fraction of sp³-hybridized carbons (Fsp3) is 0. The van der Waals surface area contributed by atoms with E-state index in [1.165, 1.54) is 0 Å². The van der Waals surface area contributed by atoms with Gasteiger partial charge in [0.1, 0.15) is 11.3 Å². The molecule has 0 unspecified atom stereocenters. The Morgan fingerprint density at radius 2 is 1.86 bits per heavy atom. The number of nitrogens with two attached hydrogens (primary N) is 1. The lowest BCUT2D eigenvalue weighted by atomic mass is 10.1. The summed E-state index contributed by atoms with van der Waals surface area (Å²) >= 11 is 15.3. The van der Waals surface area contributed by atoms with Gasteiger partial charge in [0.25, 0.3) is 0 Å². The Labute approximate surface area is 139 Å². The van der Waals surface area contributed by atoms with Gasteiger partial charge in [-0.1, -0.05) is 23.2 Å². The molecule has 0 fully saturated rings. The van der Waals surface area contributed by atoms with Gasteiger partial charge in [-0.05, 0) is 46.3 Å². The zero-order valence-corrected chi connectivity index (χ0v) is 13.7. The molecule has 0 radical (unpaired) electrons. The molecular formula is C15H9BrCl2N2O. The molecule has 3 nitrogen and oxygen atoms in total. The first-order valence-electron chi connectivity index (χ1n) is 6.01. The van der Waals surface area contributed by atoms with Crippen molar-refractivity contribution in [3.8, 4) is 11.5 Å². The number of benzene rings is 2. The van der Waals surface area contributed by atoms with Crippen LogP contribution >= 0.6 is 39.1 Å². The summed E-state index contributed by atoms with van der Waals surface area (Å²) in [5.41, 5.74) is 7.30. The number of pyridine rings is 1. The Balaban J connectivity index is 2.08. The molecule has 2 N–H and O–H groups in total. The second-order valence-corrected chi connectivity index (χ2v) is 6.11. The molecule has 0 saturated heterocycles. The maximum atomic E-state index is 5.99. The lowest BCUT2D eigenvalue weighted by Crippen LogP contribution is -1.93. The number of halogens is 3. The topological polar surface area (TPSA) is 48.1 Å². The maximum absolute atomic E-state index is 5.99. The van der Waals surface area contributed by atoms with Gasteiger partial charge in [0.05, 0.1) is 10.0 Å². The van der Waals surface area contributed by atoms with Crippen LogP contribution in [0, 0.1) is 0 Å². The van der Waals surface area contributed by atoms with E-state index >= 15 is 0 Å². The summed E-state index contributed by atoms with van der Waals surface area (Å²) in [5.74, 6) is 1.19. The van der Waals surface area contributed by atoms with Crippen LogP contribution in [0.5, 0.6) is 11.5 Å². The van der Waals surface area contributed by atoms with Gasteiger partial charge in [-0.2, -0.15) is 0 Å². The van der Waals surface area contributed by atoms with Gasteiger partial charge in [-0.25, -0.2) is 0 Å². The zero-order chi connectivity index (χ0) is 15.0. The third-order valence-corrected chi connectivity index (χ3v) is 4.10. The van der Waals surface area contributed by atoms with Gasteiger partial charge in [0.2, 0.25) is 0 Å². The predicted octanol–water partition coefficient (Wildman–Crippen LogP) is 5.68. The predicted molar refractivity (Wildman–Crippen MR) is 90.4 cm³/mol. The molecule has 0 aliphatic heterocycles. The van der Waals surface area contributed by atoms with E-state index in [-0.39, 0.29) is 0 Å². The molecule has 6 heteroatoms. The van der Waals surface area contributed by atoms with E-state index in [2.05, 4.69) is 20.9 Å². The van der Waals surface area contributed by atoms with E-state index < -0.39 is 0 Å². The highest BCUT2D eigenvalue weighted by atomic mass is 79.9. The smallest absolute Gasteiger partial charge is 0.153 e. The Morgan fingerprint density at radius 3 is 2.62 bits per heavy atom. The Hall–Kier alpha value is -1.49. The average molecular weight is 384 g/mol. The molecule has 21 heavy (non-hydrogen) atoms. The van der Waals surface area contributed by atoms with E-state index in [9.17, 15) is 0 Å². The minimum Gasteiger partial charge on any atom is -0.455 e. The van der Waals surface area contributed by atoms with Crippen LogP contribution in [0.2, 0.25) is 10.0 Å². The van der Waals surface area contributed by atoms with Gasteiger partial charge < -0.3 is 10.5 Å². The van der Waals surface area contributed by atoms with E-state index in [1.807, 2.05) is 6.07 Å². The number of hydrogen-bond donors (Lipinski definition) is 1. The molecule has 3 aromatic rings. The minimum atomic E-state index is 0.435. The van der Waals surface area contributed by atoms with Crippen LogP contribution in [0.15, 0.2) is 47.1 Å². The van der Waals surface area contributed by atoms with Crippen LogP contribution in [0.1, 0.15) is 0 Å². The molecule has 0 spiro atoms. The quantitative estimate of drug-likeness (QED) is 0.579. The van der Waals surface area contributed by atoms with Crippen molar-refractivity contribution in [2.45, 2.75) is 0 Å². The van der Waals surface area contributed by atoms with Crippen molar-refractivity contribution < 1.29 is 4.74 Å². The lowest BCUT2D eigenvalue weighted by molar-refractivity contribution is 0.487. The van der Waals surface area contributed by atoms with Gasteiger partial charge in [0, 0.05) is 27.8 Å². The van der Waals surface area contributed by atoms with Crippen molar-refractivity contribution in [2.75, 3.05) is 5.73 Å². The molecule has 0 saturated carbocycles. The van der Waals surface area contributed by atoms with Crippen molar-refractivity contribution in [3.63, 3.8) is 0 Å². The number of rotatable bonds is 2. The van der Waals surface area contributed by atoms with Crippen LogP contribution in [-0.4, -0.2) is 4.98 Å². The van der Waals surface area contributed by atoms with Crippen molar-refractivity contribution in [1.29, 1.82) is 0 Å². The Morgan fingerprint density at radius 1 is 1.05 bits per heavy atom. The molecule has 0 aliphatic carbocycles. The minimum absolute atomic E-state index is 0.435. The molecule has 1 aromatic heterocycles. The van der Waals surface area contributed by atoms with Crippen molar-refractivity contribution in [1.82, 2.24) is 4.98 Å². The summed E-state index contributed by atoms with van der Waals surface area (Å²) < 4.78 is 6.70. The largest absolute Gasteiger partial charge is 0.455 e. The molecule has 0 aliphatic rings. The molecule has 2 aromatic carbocycles. The first kappa shape index (κ1) is 14.4. The van der Waals surface area contributed by atoms with Gasteiger partial charge >= 0.3 is 0 Å². The van der Waals surface area contributed by atoms with E-state index in [0.29, 0.717) is 32.7 Å². The Kier molecular flexibility index (Phi) is 3.93. The number of hydrogen-bond acceptors (Lipinski definition) is 3.